The number of aromatic nitrogens is 3. The molecular formula is C32H26F3N3O6. The van der Waals surface area contributed by atoms with Crippen molar-refractivity contribution in [3.8, 4) is 5.75 Å². The first-order valence-electron chi connectivity index (χ1n) is 14.0. The molecule has 6 rings (SSSR count). The number of hydrogen-bond donors (Lipinski definition) is 1. The Bertz CT molecular complexity index is 1920. The van der Waals surface area contributed by atoms with Crippen LogP contribution < -0.4 is 10.3 Å². The van der Waals surface area contributed by atoms with E-state index in [1.807, 2.05) is 30.3 Å². The van der Waals surface area contributed by atoms with Gasteiger partial charge in [0.25, 0.3) is 5.56 Å². The maximum Gasteiger partial charge on any atom is 0.416 e. The summed E-state index contributed by atoms with van der Waals surface area (Å²) in [6, 6.07) is 19.2. The third-order valence-electron chi connectivity index (χ3n) is 8.10. The Labute approximate surface area is 247 Å². The molecule has 3 unspecified atom stereocenters. The lowest BCUT2D eigenvalue weighted by Gasteiger charge is -2.20. The molecule has 3 aromatic carbocycles. The van der Waals surface area contributed by atoms with Gasteiger partial charge >= 0.3 is 12.1 Å². The molecule has 5 aromatic rings. The van der Waals surface area contributed by atoms with Crippen molar-refractivity contribution in [2.75, 3.05) is 6.61 Å². The van der Waals surface area contributed by atoms with E-state index in [4.69, 9.17) is 9.15 Å². The Morgan fingerprint density at radius 2 is 1.82 bits per heavy atom. The quantitative estimate of drug-likeness (QED) is 0.210. The number of furan rings is 1. The maximum atomic E-state index is 13.5. The number of halogens is 3. The molecule has 2 aromatic heterocycles. The fourth-order valence-electron chi connectivity index (χ4n) is 5.90. The van der Waals surface area contributed by atoms with Crippen molar-refractivity contribution < 1.29 is 37.0 Å². The van der Waals surface area contributed by atoms with Gasteiger partial charge in [0.15, 0.2) is 5.76 Å². The van der Waals surface area contributed by atoms with Crippen LogP contribution in [0.2, 0.25) is 0 Å². The monoisotopic (exact) mass is 605 g/mol. The van der Waals surface area contributed by atoms with Gasteiger partial charge in [-0.05, 0) is 66.8 Å². The molecule has 9 nitrogen and oxygen atoms in total. The highest BCUT2D eigenvalue weighted by molar-refractivity contribution is 6.01. The minimum Gasteiger partial charge on any atom is -0.493 e. The second-order valence-electron chi connectivity index (χ2n) is 10.9. The van der Waals surface area contributed by atoms with Crippen LogP contribution >= 0.6 is 0 Å². The predicted molar refractivity (Wildman–Crippen MR) is 152 cm³/mol. The molecule has 1 fully saturated rings. The number of ketones is 1. The van der Waals surface area contributed by atoms with Crippen LogP contribution in [0.15, 0.2) is 82.0 Å². The second-order valence-corrected chi connectivity index (χ2v) is 10.9. The van der Waals surface area contributed by atoms with Crippen LogP contribution in [0.3, 0.4) is 0 Å². The Kier molecular flexibility index (Phi) is 7.66. The van der Waals surface area contributed by atoms with E-state index in [9.17, 15) is 32.7 Å². The lowest BCUT2D eigenvalue weighted by atomic mass is 9.86. The maximum absolute atomic E-state index is 13.5. The highest BCUT2D eigenvalue weighted by Crippen LogP contribution is 2.41. The smallest absolute Gasteiger partial charge is 0.416 e. The number of Topliss-reactive ketones (excluding diaryl/α,β-unsaturated/α-hetero) is 1. The van der Waals surface area contributed by atoms with Crippen LogP contribution in [0.5, 0.6) is 5.75 Å². The van der Waals surface area contributed by atoms with E-state index in [1.165, 1.54) is 0 Å². The number of benzene rings is 3. The number of carboxylic acids is 1. The average molecular weight is 606 g/mol. The van der Waals surface area contributed by atoms with Crippen LogP contribution in [0.25, 0.3) is 21.9 Å². The summed E-state index contributed by atoms with van der Waals surface area (Å²) < 4.78 is 52.2. The van der Waals surface area contributed by atoms with Crippen LogP contribution in [-0.4, -0.2) is 38.5 Å². The number of ether oxygens (including phenoxy) is 1. The summed E-state index contributed by atoms with van der Waals surface area (Å²) in [5.41, 5.74) is -0.252. The number of aliphatic carboxylic acids is 1. The number of rotatable bonds is 9. The summed E-state index contributed by atoms with van der Waals surface area (Å²) in [6.45, 7) is 0.236. The number of carbonyl (C=O) groups excluding carboxylic acids is 1. The summed E-state index contributed by atoms with van der Waals surface area (Å²) in [6.07, 6.45) is -3.43. The van der Waals surface area contributed by atoms with Crippen molar-refractivity contribution in [2.45, 2.75) is 32.0 Å². The number of alkyl halides is 3. The van der Waals surface area contributed by atoms with Gasteiger partial charge in [-0.15, -0.1) is 5.10 Å². The van der Waals surface area contributed by atoms with Gasteiger partial charge in [0.2, 0.25) is 5.78 Å². The first-order chi connectivity index (χ1) is 21.1. The topological polar surface area (TPSA) is 125 Å². The van der Waals surface area contributed by atoms with E-state index in [2.05, 4.69) is 10.3 Å². The number of carbonyl (C=O) groups is 2. The highest BCUT2D eigenvalue weighted by Gasteiger charge is 2.46. The molecule has 1 aliphatic rings. The van der Waals surface area contributed by atoms with E-state index in [0.717, 1.165) is 28.8 Å². The van der Waals surface area contributed by atoms with Crippen molar-refractivity contribution >= 4 is 33.6 Å². The number of fused-ring (bicyclic) bond motifs is 2. The molecule has 2 heterocycles. The van der Waals surface area contributed by atoms with Gasteiger partial charge in [-0.1, -0.05) is 35.5 Å². The van der Waals surface area contributed by atoms with Crippen molar-refractivity contribution in [3.63, 3.8) is 0 Å². The SMILES string of the molecule is O=C(c1cc2cc(OCCc3ccccc3)ccc2o1)C1CCC(Cn2nnc3ccc(C(F)(F)F)cc3c2=O)C1C(=O)O. The molecule has 44 heavy (non-hydrogen) atoms. The van der Waals surface area contributed by atoms with Crippen molar-refractivity contribution in [1.82, 2.24) is 15.0 Å². The minimum absolute atomic E-state index is 0.0110. The summed E-state index contributed by atoms with van der Waals surface area (Å²) >= 11 is 0. The fraction of sp³-hybridized carbons (Fsp3) is 0.281. The highest BCUT2D eigenvalue weighted by atomic mass is 19.4. The standard InChI is InChI=1S/C32H26F3N3O6/c33-32(34,35)21-7-10-25-24(16-21)30(40)38(37-36-25)17-19-6-9-23(28(19)31(41)42)29(39)27-15-20-14-22(8-11-26(20)44-27)43-13-12-18-4-2-1-3-5-18/h1-5,7-8,10-11,14-16,19,23,28H,6,9,12-13,17H2,(H,41,42). The molecule has 226 valence electrons. The number of nitrogens with zero attached hydrogens (tertiary/aromatic N) is 3. The second kappa shape index (κ2) is 11.6. The van der Waals surface area contributed by atoms with Crippen molar-refractivity contribution in [1.29, 1.82) is 0 Å². The first-order valence-corrected chi connectivity index (χ1v) is 14.0. The van der Waals surface area contributed by atoms with Crippen LogP contribution in [0, 0.1) is 17.8 Å². The minimum atomic E-state index is -4.66. The van der Waals surface area contributed by atoms with Gasteiger partial charge in [0.1, 0.15) is 16.8 Å². The largest absolute Gasteiger partial charge is 0.493 e. The van der Waals surface area contributed by atoms with Gasteiger partial charge in [-0.2, -0.15) is 13.2 Å². The summed E-state index contributed by atoms with van der Waals surface area (Å²) in [5.74, 6) is -3.88. The number of hydrogen-bond acceptors (Lipinski definition) is 7. The third kappa shape index (κ3) is 5.79. The zero-order valence-corrected chi connectivity index (χ0v) is 23.2. The van der Waals surface area contributed by atoms with Gasteiger partial charge in [-0.3, -0.25) is 14.4 Å². The fourth-order valence-corrected chi connectivity index (χ4v) is 5.90. The Balaban J connectivity index is 1.18. The summed E-state index contributed by atoms with van der Waals surface area (Å²) in [7, 11) is 0. The van der Waals surface area contributed by atoms with Gasteiger partial charge in [-0.25, -0.2) is 4.68 Å². The van der Waals surface area contributed by atoms with E-state index >= 15 is 0 Å². The van der Waals surface area contributed by atoms with Crippen molar-refractivity contribution in [3.05, 3.63) is 100 Å². The zero-order chi connectivity index (χ0) is 31.0. The molecule has 0 amide bonds. The predicted octanol–water partition coefficient (Wildman–Crippen LogP) is 5.79. The van der Waals surface area contributed by atoms with Gasteiger partial charge in [0.05, 0.1) is 30.0 Å². The van der Waals surface area contributed by atoms with Crippen LogP contribution in [0.4, 0.5) is 13.2 Å². The lowest BCUT2D eigenvalue weighted by molar-refractivity contribution is -0.144. The molecular weight excluding hydrogens is 579 g/mol. The van der Waals surface area contributed by atoms with Crippen molar-refractivity contribution in [2.24, 2.45) is 17.8 Å². The van der Waals surface area contributed by atoms with Gasteiger partial charge < -0.3 is 14.3 Å². The van der Waals surface area contributed by atoms with E-state index in [-0.39, 0.29) is 36.0 Å². The molecule has 3 atom stereocenters. The molecule has 0 aliphatic heterocycles. The zero-order valence-electron chi connectivity index (χ0n) is 23.2. The molecule has 12 heteroatoms. The average Bonchev–Trinajstić information content (AvgIpc) is 3.62. The molecule has 1 saturated carbocycles. The van der Waals surface area contributed by atoms with Gasteiger partial charge in [0, 0.05) is 17.7 Å². The normalized spacial score (nSPS) is 18.6. The molecule has 1 N–H and O–H groups in total. The molecule has 0 bridgehead atoms. The lowest BCUT2D eigenvalue weighted by Crippen LogP contribution is -2.34. The summed E-state index contributed by atoms with van der Waals surface area (Å²) in [4.78, 5) is 38.9. The Hall–Kier alpha value is -5.00. The van der Waals surface area contributed by atoms with Crippen LogP contribution in [-0.2, 0) is 23.9 Å². The van der Waals surface area contributed by atoms with E-state index < -0.39 is 46.8 Å². The third-order valence-corrected chi connectivity index (χ3v) is 8.10. The Morgan fingerprint density at radius 1 is 1.02 bits per heavy atom. The summed E-state index contributed by atoms with van der Waals surface area (Å²) in [5, 5.41) is 18.1. The number of carboxylic acid groups (broad SMARTS) is 1. The first kappa shape index (κ1) is 29.1. The molecule has 0 spiro atoms. The molecule has 0 saturated heterocycles. The molecule has 0 radical (unpaired) electrons. The Morgan fingerprint density at radius 3 is 2.57 bits per heavy atom. The van der Waals surface area contributed by atoms with Crippen LogP contribution in [0.1, 0.15) is 34.5 Å². The molecule has 1 aliphatic carbocycles. The van der Waals surface area contributed by atoms with E-state index in [1.54, 1.807) is 24.3 Å². The van der Waals surface area contributed by atoms with E-state index in [0.29, 0.717) is 29.4 Å².